The summed E-state index contributed by atoms with van der Waals surface area (Å²) in [5.74, 6) is 1.73. The minimum atomic E-state index is 0.389. The van der Waals surface area contributed by atoms with E-state index in [0.717, 1.165) is 10.9 Å². The number of anilines is 1. The maximum absolute atomic E-state index is 3.81. The van der Waals surface area contributed by atoms with Crippen LogP contribution in [0.25, 0.3) is 0 Å². The Kier molecular flexibility index (Phi) is 3.81. The smallest absolute Gasteiger partial charge is 0.0553 e. The standard InChI is InChI=1S/C21H22BrN/c1-13(2)15-8-11-20-19(12-15)17-4-3-5-18(17)21(23-20)14-6-9-16(22)10-7-14/h3-4,6-13,17-18,21,23H,5H2,1-2H3/t17-,18+,21+/m1/s1. The molecule has 1 aliphatic carbocycles. The SMILES string of the molecule is CC(C)c1ccc2c(c1)[C@@H]1C=CC[C@@H]1[C@H](c1ccc(Br)cc1)N2. The predicted octanol–water partition coefficient (Wildman–Crippen LogP) is 6.40. The van der Waals surface area contributed by atoms with Crippen LogP contribution in [-0.2, 0) is 0 Å². The molecule has 0 bridgehead atoms. The van der Waals surface area contributed by atoms with Crippen molar-refractivity contribution in [3.63, 3.8) is 0 Å². The highest BCUT2D eigenvalue weighted by Crippen LogP contribution is 2.50. The van der Waals surface area contributed by atoms with E-state index in [-0.39, 0.29) is 0 Å². The normalized spacial score (nSPS) is 25.1. The lowest BCUT2D eigenvalue weighted by molar-refractivity contribution is 0.425. The molecule has 0 unspecified atom stereocenters. The molecule has 0 aromatic heterocycles. The van der Waals surface area contributed by atoms with Gasteiger partial charge in [-0.2, -0.15) is 0 Å². The van der Waals surface area contributed by atoms with Crippen LogP contribution in [0.5, 0.6) is 0 Å². The summed E-state index contributed by atoms with van der Waals surface area (Å²) in [6.07, 6.45) is 5.93. The molecule has 4 rings (SSSR count). The van der Waals surface area contributed by atoms with E-state index in [1.54, 1.807) is 0 Å². The molecule has 2 aromatic rings. The molecule has 1 nitrogen and oxygen atoms in total. The second kappa shape index (κ2) is 5.83. The van der Waals surface area contributed by atoms with Gasteiger partial charge in [0.1, 0.15) is 0 Å². The Morgan fingerprint density at radius 1 is 1.09 bits per heavy atom. The average Bonchev–Trinajstić information content (AvgIpc) is 3.04. The fraction of sp³-hybridized carbons (Fsp3) is 0.333. The van der Waals surface area contributed by atoms with Crippen molar-refractivity contribution in [2.75, 3.05) is 5.32 Å². The average molecular weight is 368 g/mol. The molecule has 0 saturated carbocycles. The molecular formula is C21H22BrN. The van der Waals surface area contributed by atoms with Crippen molar-refractivity contribution in [1.82, 2.24) is 0 Å². The number of nitrogens with one attached hydrogen (secondary N) is 1. The van der Waals surface area contributed by atoms with Crippen LogP contribution in [0.3, 0.4) is 0 Å². The topological polar surface area (TPSA) is 12.0 Å². The third-order valence-electron chi connectivity index (χ3n) is 5.28. The maximum Gasteiger partial charge on any atom is 0.0553 e. The minimum absolute atomic E-state index is 0.389. The highest BCUT2D eigenvalue weighted by Gasteiger charge is 2.37. The zero-order chi connectivity index (χ0) is 16.0. The van der Waals surface area contributed by atoms with Gasteiger partial charge in [-0.15, -0.1) is 0 Å². The Balaban J connectivity index is 1.75. The van der Waals surface area contributed by atoms with Gasteiger partial charge in [0.25, 0.3) is 0 Å². The summed E-state index contributed by atoms with van der Waals surface area (Å²) in [6.45, 7) is 4.54. The summed E-state index contributed by atoms with van der Waals surface area (Å²) in [7, 11) is 0. The molecule has 2 aromatic carbocycles. The van der Waals surface area contributed by atoms with E-state index >= 15 is 0 Å². The second-order valence-corrected chi connectivity index (χ2v) is 7.94. The molecular weight excluding hydrogens is 346 g/mol. The number of hydrogen-bond acceptors (Lipinski definition) is 1. The Hall–Kier alpha value is -1.54. The first-order valence-corrected chi connectivity index (χ1v) is 9.25. The van der Waals surface area contributed by atoms with Gasteiger partial charge < -0.3 is 5.32 Å². The largest absolute Gasteiger partial charge is 0.378 e. The van der Waals surface area contributed by atoms with E-state index < -0.39 is 0 Å². The van der Waals surface area contributed by atoms with Gasteiger partial charge in [-0.3, -0.25) is 0 Å². The molecule has 1 N–H and O–H groups in total. The third-order valence-corrected chi connectivity index (χ3v) is 5.81. The van der Waals surface area contributed by atoms with Crippen LogP contribution in [0.15, 0.2) is 59.1 Å². The summed E-state index contributed by atoms with van der Waals surface area (Å²) in [5.41, 5.74) is 5.59. The predicted molar refractivity (Wildman–Crippen MR) is 101 cm³/mol. The van der Waals surface area contributed by atoms with Gasteiger partial charge in [0, 0.05) is 16.1 Å². The van der Waals surface area contributed by atoms with Gasteiger partial charge in [-0.25, -0.2) is 0 Å². The van der Waals surface area contributed by atoms with Crippen LogP contribution >= 0.6 is 15.9 Å². The fourth-order valence-electron chi connectivity index (χ4n) is 3.97. The van der Waals surface area contributed by atoms with Gasteiger partial charge >= 0.3 is 0 Å². The molecule has 2 heteroatoms. The fourth-order valence-corrected chi connectivity index (χ4v) is 4.24. The van der Waals surface area contributed by atoms with E-state index in [2.05, 4.69) is 89.7 Å². The summed E-state index contributed by atoms with van der Waals surface area (Å²) in [6, 6.07) is 16.1. The molecule has 0 radical (unpaired) electrons. The van der Waals surface area contributed by atoms with Crippen molar-refractivity contribution < 1.29 is 0 Å². The monoisotopic (exact) mass is 367 g/mol. The van der Waals surface area contributed by atoms with E-state index in [1.165, 1.54) is 22.4 Å². The summed E-state index contributed by atoms with van der Waals surface area (Å²) >= 11 is 3.54. The Labute approximate surface area is 146 Å². The molecule has 0 amide bonds. The number of fused-ring (bicyclic) bond motifs is 3. The van der Waals surface area contributed by atoms with Crippen LogP contribution < -0.4 is 5.32 Å². The zero-order valence-electron chi connectivity index (χ0n) is 13.6. The maximum atomic E-state index is 3.81. The number of benzene rings is 2. The van der Waals surface area contributed by atoms with Crippen molar-refractivity contribution >= 4 is 21.6 Å². The molecule has 0 saturated heterocycles. The third kappa shape index (κ3) is 2.63. The number of allylic oxidation sites excluding steroid dienone is 2. The van der Waals surface area contributed by atoms with Gasteiger partial charge in [0.15, 0.2) is 0 Å². The van der Waals surface area contributed by atoms with Crippen molar-refractivity contribution in [3.05, 3.63) is 75.8 Å². The molecule has 0 spiro atoms. The van der Waals surface area contributed by atoms with Crippen LogP contribution in [0, 0.1) is 5.92 Å². The quantitative estimate of drug-likeness (QED) is 0.605. The molecule has 1 heterocycles. The molecule has 118 valence electrons. The van der Waals surface area contributed by atoms with E-state index in [9.17, 15) is 0 Å². The summed E-state index contributed by atoms with van der Waals surface area (Å²) < 4.78 is 1.14. The van der Waals surface area contributed by atoms with E-state index in [0.29, 0.717) is 23.8 Å². The minimum Gasteiger partial charge on any atom is -0.378 e. The first-order chi connectivity index (χ1) is 11.1. The zero-order valence-corrected chi connectivity index (χ0v) is 15.2. The number of halogens is 1. The molecule has 1 aliphatic heterocycles. The van der Waals surface area contributed by atoms with Gasteiger partial charge in [0.2, 0.25) is 0 Å². The van der Waals surface area contributed by atoms with Crippen molar-refractivity contribution in [2.24, 2.45) is 5.92 Å². The Morgan fingerprint density at radius 2 is 1.87 bits per heavy atom. The van der Waals surface area contributed by atoms with Gasteiger partial charge in [-0.05, 0) is 53.1 Å². The Morgan fingerprint density at radius 3 is 2.61 bits per heavy atom. The lowest BCUT2D eigenvalue weighted by Gasteiger charge is -2.38. The van der Waals surface area contributed by atoms with Crippen LogP contribution in [0.4, 0.5) is 5.69 Å². The van der Waals surface area contributed by atoms with E-state index in [4.69, 9.17) is 0 Å². The molecule has 2 aliphatic rings. The molecule has 3 atom stereocenters. The Bertz CT molecular complexity index is 745. The summed E-state index contributed by atoms with van der Waals surface area (Å²) in [4.78, 5) is 0. The first-order valence-electron chi connectivity index (χ1n) is 8.46. The molecule has 23 heavy (non-hydrogen) atoms. The van der Waals surface area contributed by atoms with Gasteiger partial charge in [-0.1, -0.05) is 66.2 Å². The highest BCUT2D eigenvalue weighted by molar-refractivity contribution is 9.10. The lowest BCUT2D eigenvalue weighted by atomic mass is 9.76. The van der Waals surface area contributed by atoms with Crippen molar-refractivity contribution in [3.8, 4) is 0 Å². The van der Waals surface area contributed by atoms with Crippen LogP contribution in [0.1, 0.15) is 54.8 Å². The van der Waals surface area contributed by atoms with Crippen molar-refractivity contribution in [2.45, 2.75) is 38.1 Å². The molecule has 0 fully saturated rings. The second-order valence-electron chi connectivity index (χ2n) is 7.03. The lowest BCUT2D eigenvalue weighted by Crippen LogP contribution is -2.29. The number of hydrogen-bond donors (Lipinski definition) is 1. The van der Waals surface area contributed by atoms with E-state index in [1.807, 2.05) is 0 Å². The summed E-state index contributed by atoms with van der Waals surface area (Å²) in [5, 5.41) is 3.81. The highest BCUT2D eigenvalue weighted by atomic mass is 79.9. The van der Waals surface area contributed by atoms with Crippen molar-refractivity contribution in [1.29, 1.82) is 0 Å². The van der Waals surface area contributed by atoms with Crippen LogP contribution in [0.2, 0.25) is 0 Å². The number of rotatable bonds is 2. The van der Waals surface area contributed by atoms with Gasteiger partial charge in [0.05, 0.1) is 6.04 Å². The van der Waals surface area contributed by atoms with Crippen LogP contribution in [-0.4, -0.2) is 0 Å². The first kappa shape index (κ1) is 15.0.